The molecule has 0 saturated carbocycles. The molecule has 0 spiro atoms. The number of methoxy groups -OCH3 is 1. The van der Waals surface area contributed by atoms with Gasteiger partial charge in [-0.1, -0.05) is 36.4 Å². The molecule has 5 nitrogen and oxygen atoms in total. The first-order valence-electron chi connectivity index (χ1n) is 7.18. The minimum atomic E-state index is -1.03. The van der Waals surface area contributed by atoms with Crippen molar-refractivity contribution in [2.75, 3.05) is 20.3 Å². The van der Waals surface area contributed by atoms with Crippen LogP contribution in [0.15, 0.2) is 42.5 Å². The number of rotatable bonds is 4. The number of nitrogens with one attached hydrogen (secondary N) is 1. The summed E-state index contributed by atoms with van der Waals surface area (Å²) < 4.78 is 4.96. The van der Waals surface area contributed by atoms with Gasteiger partial charge in [0.1, 0.15) is 5.54 Å². The van der Waals surface area contributed by atoms with E-state index < -0.39 is 5.54 Å². The number of ether oxygens (including phenoxy) is 1. The van der Waals surface area contributed by atoms with Crippen molar-refractivity contribution in [3.63, 3.8) is 0 Å². The van der Waals surface area contributed by atoms with Crippen molar-refractivity contribution in [1.29, 1.82) is 0 Å². The van der Waals surface area contributed by atoms with Gasteiger partial charge in [-0.3, -0.25) is 9.69 Å². The molecule has 3 amide bonds. The Hall–Kier alpha value is -2.40. The lowest BCUT2D eigenvalue weighted by atomic mass is 9.90. The SMILES string of the molecule is COCCN1C(=O)NC(C)(c2ccc3ccccc3c2)C1=O. The number of amides is 3. The molecule has 0 aliphatic carbocycles. The Bertz CT molecular complexity index is 744. The van der Waals surface area contributed by atoms with Crippen molar-refractivity contribution in [2.24, 2.45) is 0 Å². The van der Waals surface area contributed by atoms with E-state index in [9.17, 15) is 9.59 Å². The summed E-state index contributed by atoms with van der Waals surface area (Å²) in [6.07, 6.45) is 0. The molecular formula is C17H18N2O3. The summed E-state index contributed by atoms with van der Waals surface area (Å²) in [7, 11) is 1.54. The third kappa shape index (κ3) is 2.23. The van der Waals surface area contributed by atoms with E-state index in [4.69, 9.17) is 4.74 Å². The van der Waals surface area contributed by atoms with Crippen molar-refractivity contribution in [2.45, 2.75) is 12.5 Å². The smallest absolute Gasteiger partial charge is 0.325 e. The molecule has 1 aliphatic rings. The molecule has 1 atom stereocenters. The summed E-state index contributed by atoms with van der Waals surface area (Å²) in [6.45, 7) is 2.32. The Morgan fingerprint density at radius 2 is 1.86 bits per heavy atom. The number of nitrogens with zero attached hydrogens (tertiary/aromatic N) is 1. The number of urea groups is 1. The largest absolute Gasteiger partial charge is 0.383 e. The predicted molar refractivity (Wildman–Crippen MR) is 83.4 cm³/mol. The fourth-order valence-electron chi connectivity index (χ4n) is 2.78. The van der Waals surface area contributed by atoms with Crippen LogP contribution in [0.2, 0.25) is 0 Å². The molecular weight excluding hydrogens is 280 g/mol. The zero-order valence-electron chi connectivity index (χ0n) is 12.6. The Morgan fingerprint density at radius 3 is 2.59 bits per heavy atom. The van der Waals surface area contributed by atoms with Crippen molar-refractivity contribution in [1.82, 2.24) is 10.2 Å². The predicted octanol–water partition coefficient (Wildman–Crippen LogP) is 2.25. The van der Waals surface area contributed by atoms with E-state index in [1.54, 1.807) is 14.0 Å². The van der Waals surface area contributed by atoms with Gasteiger partial charge in [0.05, 0.1) is 13.2 Å². The van der Waals surface area contributed by atoms with Gasteiger partial charge in [0.25, 0.3) is 5.91 Å². The molecule has 114 valence electrons. The Labute approximate surface area is 128 Å². The molecule has 1 N–H and O–H groups in total. The average Bonchev–Trinajstić information content (AvgIpc) is 2.75. The van der Waals surface area contributed by atoms with Gasteiger partial charge >= 0.3 is 6.03 Å². The molecule has 0 aromatic heterocycles. The molecule has 1 fully saturated rings. The highest BCUT2D eigenvalue weighted by Crippen LogP contribution is 2.30. The lowest BCUT2D eigenvalue weighted by Crippen LogP contribution is -2.41. The van der Waals surface area contributed by atoms with Crippen molar-refractivity contribution in [3.05, 3.63) is 48.0 Å². The number of benzene rings is 2. The first-order chi connectivity index (χ1) is 10.6. The lowest BCUT2D eigenvalue weighted by Gasteiger charge is -2.22. The first kappa shape index (κ1) is 14.5. The second kappa shape index (κ2) is 5.42. The second-order valence-electron chi connectivity index (χ2n) is 5.57. The normalized spacial score (nSPS) is 21.5. The Balaban J connectivity index is 1.98. The quantitative estimate of drug-likeness (QED) is 0.881. The molecule has 3 rings (SSSR count). The van der Waals surface area contributed by atoms with Crippen LogP contribution in [-0.2, 0) is 15.1 Å². The average molecular weight is 298 g/mol. The summed E-state index contributed by atoms with van der Waals surface area (Å²) in [4.78, 5) is 26.0. The van der Waals surface area contributed by atoms with E-state index in [-0.39, 0.29) is 18.5 Å². The summed E-state index contributed by atoms with van der Waals surface area (Å²) in [5.74, 6) is -0.246. The van der Waals surface area contributed by atoms with Gasteiger partial charge in [-0.25, -0.2) is 4.79 Å². The van der Waals surface area contributed by atoms with E-state index in [1.165, 1.54) is 4.90 Å². The summed E-state index contributed by atoms with van der Waals surface area (Å²) in [5.41, 5.74) is -0.251. The van der Waals surface area contributed by atoms with Gasteiger partial charge < -0.3 is 10.1 Å². The van der Waals surface area contributed by atoms with E-state index in [0.29, 0.717) is 6.61 Å². The number of carbonyl (C=O) groups excluding carboxylic acids is 2. The summed E-state index contributed by atoms with van der Waals surface area (Å²) in [6, 6.07) is 13.4. The lowest BCUT2D eigenvalue weighted by molar-refractivity contribution is -0.131. The van der Waals surface area contributed by atoms with Gasteiger partial charge in [0, 0.05) is 7.11 Å². The number of hydrogen-bond acceptors (Lipinski definition) is 3. The zero-order valence-corrected chi connectivity index (χ0v) is 12.6. The van der Waals surface area contributed by atoms with Crippen LogP contribution in [0.1, 0.15) is 12.5 Å². The maximum atomic E-state index is 12.7. The molecule has 2 aromatic carbocycles. The number of hydrogen-bond donors (Lipinski definition) is 1. The van der Waals surface area contributed by atoms with Crippen molar-refractivity contribution >= 4 is 22.7 Å². The van der Waals surface area contributed by atoms with Crippen LogP contribution >= 0.6 is 0 Å². The summed E-state index contributed by atoms with van der Waals surface area (Å²) in [5, 5.41) is 4.94. The fraction of sp³-hybridized carbons (Fsp3) is 0.294. The third-order valence-electron chi connectivity index (χ3n) is 4.12. The molecule has 1 aliphatic heterocycles. The molecule has 1 unspecified atom stereocenters. The Morgan fingerprint density at radius 1 is 1.14 bits per heavy atom. The minimum Gasteiger partial charge on any atom is -0.383 e. The molecule has 1 heterocycles. The first-order valence-corrected chi connectivity index (χ1v) is 7.18. The van der Waals surface area contributed by atoms with Gasteiger partial charge in [0.2, 0.25) is 0 Å². The standard InChI is InChI=1S/C17H18N2O3/c1-17(15(20)19(9-10-22-2)16(21)18-17)14-8-7-12-5-3-4-6-13(12)11-14/h3-8,11H,9-10H2,1-2H3,(H,18,21). The highest BCUT2D eigenvalue weighted by atomic mass is 16.5. The highest BCUT2D eigenvalue weighted by Gasteiger charge is 2.48. The van der Waals surface area contributed by atoms with Gasteiger partial charge in [-0.15, -0.1) is 0 Å². The van der Waals surface area contributed by atoms with Gasteiger partial charge in [0.15, 0.2) is 0 Å². The summed E-state index contributed by atoms with van der Waals surface area (Å²) >= 11 is 0. The maximum absolute atomic E-state index is 12.7. The molecule has 2 aromatic rings. The van der Waals surface area contributed by atoms with Gasteiger partial charge in [-0.2, -0.15) is 0 Å². The van der Waals surface area contributed by atoms with E-state index >= 15 is 0 Å². The minimum absolute atomic E-state index is 0.246. The van der Waals surface area contributed by atoms with Crippen LogP contribution in [0.3, 0.4) is 0 Å². The van der Waals surface area contributed by atoms with Crippen molar-refractivity contribution < 1.29 is 14.3 Å². The molecule has 5 heteroatoms. The Kier molecular flexibility index (Phi) is 3.58. The molecule has 0 bridgehead atoms. The van der Waals surface area contributed by atoms with E-state index in [1.807, 2.05) is 42.5 Å². The monoisotopic (exact) mass is 298 g/mol. The molecule has 1 saturated heterocycles. The fourth-order valence-corrected chi connectivity index (χ4v) is 2.78. The zero-order chi connectivity index (χ0) is 15.7. The van der Waals surface area contributed by atoms with Crippen LogP contribution in [0.4, 0.5) is 4.79 Å². The number of fused-ring (bicyclic) bond motifs is 1. The molecule has 0 radical (unpaired) electrons. The topological polar surface area (TPSA) is 58.6 Å². The van der Waals surface area contributed by atoms with Crippen LogP contribution in [-0.4, -0.2) is 37.1 Å². The van der Waals surface area contributed by atoms with Crippen molar-refractivity contribution in [3.8, 4) is 0 Å². The van der Waals surface area contributed by atoms with Crippen LogP contribution in [0.25, 0.3) is 10.8 Å². The van der Waals surface area contributed by atoms with Crippen LogP contribution < -0.4 is 5.32 Å². The maximum Gasteiger partial charge on any atom is 0.325 e. The van der Waals surface area contributed by atoms with Gasteiger partial charge in [-0.05, 0) is 29.3 Å². The number of carbonyl (C=O) groups is 2. The van der Waals surface area contributed by atoms with E-state index in [0.717, 1.165) is 16.3 Å². The van der Waals surface area contributed by atoms with E-state index in [2.05, 4.69) is 5.32 Å². The van der Waals surface area contributed by atoms with Crippen LogP contribution in [0.5, 0.6) is 0 Å². The van der Waals surface area contributed by atoms with Crippen LogP contribution in [0, 0.1) is 0 Å². The highest BCUT2D eigenvalue weighted by molar-refractivity contribution is 6.07. The molecule has 22 heavy (non-hydrogen) atoms. The third-order valence-corrected chi connectivity index (χ3v) is 4.12. The second-order valence-corrected chi connectivity index (χ2v) is 5.57. The number of imide groups is 1.